The topological polar surface area (TPSA) is 58.6 Å². The highest BCUT2D eigenvalue weighted by atomic mass is 16.5. The number of ether oxygens (including phenoxy) is 1. The van der Waals surface area contributed by atoms with E-state index in [4.69, 9.17) is 4.74 Å². The Kier molecular flexibility index (Phi) is 5.56. The molecule has 0 aliphatic carbocycles. The maximum Gasteiger partial charge on any atom is 0.229 e. The predicted octanol–water partition coefficient (Wildman–Crippen LogP) is 3.38. The van der Waals surface area contributed by atoms with Crippen LogP contribution in [0.15, 0.2) is 48.5 Å². The lowest BCUT2D eigenvalue weighted by molar-refractivity contribution is -0.128. The van der Waals surface area contributed by atoms with Crippen LogP contribution in [0.2, 0.25) is 0 Å². The maximum absolute atomic E-state index is 12.6. The lowest BCUT2D eigenvalue weighted by Crippen LogP contribution is -2.28. The second-order valence-electron chi connectivity index (χ2n) is 6.52. The van der Waals surface area contributed by atoms with Gasteiger partial charge >= 0.3 is 0 Å². The average Bonchev–Trinajstić information content (AvgIpc) is 3.00. The van der Waals surface area contributed by atoms with Crippen molar-refractivity contribution in [3.63, 3.8) is 0 Å². The van der Waals surface area contributed by atoms with Gasteiger partial charge in [0.05, 0.1) is 18.2 Å². The Morgan fingerprint density at radius 3 is 2.69 bits per heavy atom. The molecule has 1 N–H and O–H groups in total. The van der Waals surface area contributed by atoms with Gasteiger partial charge in [0.25, 0.3) is 0 Å². The van der Waals surface area contributed by atoms with Gasteiger partial charge in [-0.05, 0) is 37.1 Å². The molecule has 5 nitrogen and oxygen atoms in total. The molecule has 5 heteroatoms. The Bertz CT molecular complexity index is 803. The number of nitrogens with zero attached hydrogens (tertiary/aromatic N) is 1. The maximum atomic E-state index is 12.6. The van der Waals surface area contributed by atoms with Crippen molar-refractivity contribution in [3.05, 3.63) is 59.7 Å². The Morgan fingerprint density at radius 1 is 1.19 bits per heavy atom. The summed E-state index contributed by atoms with van der Waals surface area (Å²) in [6, 6.07) is 15.4. The SMILES string of the molecule is CCOc1ccccc1NC(=O)C1CC(=O)N(Cc2ccccc2C)C1. The molecule has 136 valence electrons. The Balaban J connectivity index is 1.65. The fourth-order valence-corrected chi connectivity index (χ4v) is 3.18. The van der Waals surface area contributed by atoms with Gasteiger partial charge in [0.1, 0.15) is 5.75 Å². The zero-order valence-corrected chi connectivity index (χ0v) is 15.2. The first-order chi connectivity index (χ1) is 12.6. The summed E-state index contributed by atoms with van der Waals surface area (Å²) in [5.74, 6) is 0.176. The van der Waals surface area contributed by atoms with E-state index in [0.717, 1.165) is 11.1 Å². The molecule has 2 aromatic carbocycles. The number of hydrogen-bond acceptors (Lipinski definition) is 3. The van der Waals surface area contributed by atoms with Crippen molar-refractivity contribution in [3.8, 4) is 5.75 Å². The van der Waals surface area contributed by atoms with E-state index in [1.54, 1.807) is 4.90 Å². The van der Waals surface area contributed by atoms with Crippen LogP contribution in [-0.2, 0) is 16.1 Å². The standard InChI is InChI=1S/C21H24N2O3/c1-3-26-19-11-7-6-10-18(19)22-21(25)17-12-20(24)23(14-17)13-16-9-5-4-8-15(16)2/h4-11,17H,3,12-14H2,1-2H3,(H,22,25). The molecule has 0 spiro atoms. The smallest absolute Gasteiger partial charge is 0.229 e. The summed E-state index contributed by atoms with van der Waals surface area (Å²) >= 11 is 0. The van der Waals surface area contributed by atoms with Crippen LogP contribution in [0.3, 0.4) is 0 Å². The Morgan fingerprint density at radius 2 is 1.92 bits per heavy atom. The van der Waals surface area contributed by atoms with Crippen LogP contribution in [-0.4, -0.2) is 29.9 Å². The minimum Gasteiger partial charge on any atom is -0.492 e. The largest absolute Gasteiger partial charge is 0.492 e. The van der Waals surface area contributed by atoms with Crippen molar-refractivity contribution in [2.75, 3.05) is 18.5 Å². The first-order valence-corrected chi connectivity index (χ1v) is 8.93. The molecule has 1 aliphatic heterocycles. The number of carbonyl (C=O) groups excluding carboxylic acids is 2. The number of aryl methyl sites for hydroxylation is 1. The van der Waals surface area contributed by atoms with Gasteiger partial charge in [0.15, 0.2) is 0 Å². The number of para-hydroxylation sites is 2. The van der Waals surface area contributed by atoms with Crippen LogP contribution < -0.4 is 10.1 Å². The molecule has 1 heterocycles. The monoisotopic (exact) mass is 352 g/mol. The summed E-state index contributed by atoms with van der Waals surface area (Å²) in [5, 5.41) is 2.91. The normalized spacial score (nSPS) is 16.6. The Hall–Kier alpha value is -2.82. The molecule has 1 unspecified atom stereocenters. The first-order valence-electron chi connectivity index (χ1n) is 8.93. The van der Waals surface area contributed by atoms with E-state index in [9.17, 15) is 9.59 Å². The van der Waals surface area contributed by atoms with Crippen LogP contribution in [0.25, 0.3) is 0 Å². The van der Waals surface area contributed by atoms with E-state index in [1.807, 2.05) is 62.4 Å². The van der Waals surface area contributed by atoms with E-state index in [0.29, 0.717) is 31.1 Å². The van der Waals surface area contributed by atoms with Crippen molar-refractivity contribution in [1.29, 1.82) is 0 Å². The van der Waals surface area contributed by atoms with Crippen LogP contribution in [0.5, 0.6) is 5.75 Å². The molecule has 0 radical (unpaired) electrons. The van der Waals surface area contributed by atoms with Crippen molar-refractivity contribution in [1.82, 2.24) is 4.90 Å². The molecule has 1 fully saturated rings. The van der Waals surface area contributed by atoms with Gasteiger partial charge in [-0.2, -0.15) is 0 Å². The fourth-order valence-electron chi connectivity index (χ4n) is 3.18. The number of carbonyl (C=O) groups is 2. The number of benzene rings is 2. The molecule has 0 bridgehead atoms. The van der Waals surface area contributed by atoms with Crippen LogP contribution in [0.1, 0.15) is 24.5 Å². The molecule has 1 aliphatic rings. The number of nitrogens with one attached hydrogen (secondary N) is 1. The van der Waals surface area contributed by atoms with Crippen LogP contribution >= 0.6 is 0 Å². The van der Waals surface area contributed by atoms with E-state index in [1.165, 1.54) is 0 Å². The summed E-state index contributed by atoms with van der Waals surface area (Å²) < 4.78 is 5.54. The molecule has 2 aromatic rings. The second-order valence-corrected chi connectivity index (χ2v) is 6.52. The lowest BCUT2D eigenvalue weighted by Gasteiger charge is -2.18. The Labute approximate surface area is 154 Å². The third kappa shape index (κ3) is 4.04. The number of amides is 2. The van der Waals surface area contributed by atoms with Crippen molar-refractivity contribution in [2.45, 2.75) is 26.8 Å². The third-order valence-electron chi connectivity index (χ3n) is 4.65. The minimum absolute atomic E-state index is 0.0199. The van der Waals surface area contributed by atoms with Gasteiger partial charge < -0.3 is 15.0 Å². The van der Waals surface area contributed by atoms with E-state index in [2.05, 4.69) is 5.32 Å². The molecular weight excluding hydrogens is 328 g/mol. The summed E-state index contributed by atoms with van der Waals surface area (Å²) in [4.78, 5) is 26.7. The third-order valence-corrected chi connectivity index (χ3v) is 4.65. The molecule has 26 heavy (non-hydrogen) atoms. The van der Waals surface area contributed by atoms with Gasteiger partial charge in [-0.25, -0.2) is 0 Å². The van der Waals surface area contributed by atoms with E-state index in [-0.39, 0.29) is 24.2 Å². The van der Waals surface area contributed by atoms with Crippen molar-refractivity contribution >= 4 is 17.5 Å². The van der Waals surface area contributed by atoms with Crippen molar-refractivity contribution in [2.24, 2.45) is 5.92 Å². The first kappa shape index (κ1) is 18.0. The molecule has 1 saturated heterocycles. The predicted molar refractivity (Wildman–Crippen MR) is 101 cm³/mol. The van der Waals surface area contributed by atoms with Crippen LogP contribution in [0.4, 0.5) is 5.69 Å². The highest BCUT2D eigenvalue weighted by Crippen LogP contribution is 2.27. The molecule has 3 rings (SSSR count). The van der Waals surface area contributed by atoms with Gasteiger partial charge in [0.2, 0.25) is 11.8 Å². The van der Waals surface area contributed by atoms with Gasteiger partial charge in [-0.3, -0.25) is 9.59 Å². The fraction of sp³-hybridized carbons (Fsp3) is 0.333. The second kappa shape index (κ2) is 8.04. The van der Waals surface area contributed by atoms with Crippen molar-refractivity contribution < 1.29 is 14.3 Å². The van der Waals surface area contributed by atoms with E-state index < -0.39 is 0 Å². The highest BCUT2D eigenvalue weighted by Gasteiger charge is 2.34. The molecule has 0 saturated carbocycles. The summed E-state index contributed by atoms with van der Waals surface area (Å²) in [6.07, 6.45) is 0.245. The zero-order chi connectivity index (χ0) is 18.5. The lowest BCUT2D eigenvalue weighted by atomic mass is 10.1. The average molecular weight is 352 g/mol. The van der Waals surface area contributed by atoms with Gasteiger partial charge in [0, 0.05) is 19.5 Å². The minimum atomic E-state index is -0.346. The molecular formula is C21H24N2O3. The number of hydrogen-bond donors (Lipinski definition) is 1. The number of likely N-dealkylation sites (tertiary alicyclic amines) is 1. The molecule has 1 atom stereocenters. The van der Waals surface area contributed by atoms with E-state index >= 15 is 0 Å². The molecule has 0 aromatic heterocycles. The summed E-state index contributed by atoms with van der Waals surface area (Å²) in [6.45, 7) is 5.45. The number of anilines is 1. The summed E-state index contributed by atoms with van der Waals surface area (Å²) in [7, 11) is 0. The highest BCUT2D eigenvalue weighted by molar-refractivity contribution is 5.98. The van der Waals surface area contributed by atoms with Gasteiger partial charge in [-0.15, -0.1) is 0 Å². The number of rotatable bonds is 6. The summed E-state index contributed by atoms with van der Waals surface area (Å²) in [5.41, 5.74) is 2.91. The van der Waals surface area contributed by atoms with Crippen LogP contribution in [0, 0.1) is 12.8 Å². The zero-order valence-electron chi connectivity index (χ0n) is 15.2. The van der Waals surface area contributed by atoms with Gasteiger partial charge in [-0.1, -0.05) is 36.4 Å². The molecule has 2 amide bonds. The quantitative estimate of drug-likeness (QED) is 0.867.